The van der Waals surface area contributed by atoms with E-state index >= 15 is 0 Å². The minimum absolute atomic E-state index is 0.0738. The maximum atomic E-state index is 13.0. The van der Waals surface area contributed by atoms with Gasteiger partial charge in [-0.15, -0.1) is 11.3 Å². The fourth-order valence-electron chi connectivity index (χ4n) is 2.83. The summed E-state index contributed by atoms with van der Waals surface area (Å²) >= 11 is 1.71. The molecule has 2 N–H and O–H groups in total. The van der Waals surface area contributed by atoms with Crippen LogP contribution in [0.3, 0.4) is 0 Å². The van der Waals surface area contributed by atoms with Crippen LogP contribution >= 0.6 is 11.3 Å². The first kappa shape index (κ1) is 14.3. The van der Waals surface area contributed by atoms with Crippen LogP contribution in [0.25, 0.3) is 0 Å². The summed E-state index contributed by atoms with van der Waals surface area (Å²) in [5.41, 5.74) is 6.25. The standard InChI is InChI=1S/C15H15F3N2S/c1-9-11-5-7-21-14(11)4-6-20(9)10-2-3-13(19)12(8-10)15(16,17)18/h2-3,5,7-9H,4,6,19H2,1H3. The molecule has 0 bridgehead atoms. The van der Waals surface area contributed by atoms with Gasteiger partial charge in [-0.1, -0.05) is 0 Å². The lowest BCUT2D eigenvalue weighted by Gasteiger charge is -2.36. The molecule has 1 atom stereocenters. The summed E-state index contributed by atoms with van der Waals surface area (Å²) in [5, 5.41) is 2.04. The number of rotatable bonds is 1. The Bertz CT molecular complexity index is 663. The van der Waals surface area contributed by atoms with Gasteiger partial charge in [0.25, 0.3) is 0 Å². The van der Waals surface area contributed by atoms with Crippen molar-refractivity contribution < 1.29 is 13.2 Å². The Morgan fingerprint density at radius 2 is 2.05 bits per heavy atom. The van der Waals surface area contributed by atoms with Crippen LogP contribution in [-0.4, -0.2) is 6.54 Å². The summed E-state index contributed by atoms with van der Waals surface area (Å²) in [6, 6.07) is 6.29. The average molecular weight is 312 g/mol. The molecule has 0 saturated carbocycles. The first-order valence-corrected chi connectivity index (χ1v) is 7.55. The van der Waals surface area contributed by atoms with Gasteiger partial charge in [-0.2, -0.15) is 13.2 Å². The Hall–Kier alpha value is -1.69. The number of anilines is 2. The molecular weight excluding hydrogens is 297 g/mol. The molecule has 2 aromatic rings. The zero-order valence-corrected chi connectivity index (χ0v) is 12.3. The highest BCUT2D eigenvalue weighted by molar-refractivity contribution is 7.10. The summed E-state index contributed by atoms with van der Waals surface area (Å²) in [4.78, 5) is 3.33. The lowest BCUT2D eigenvalue weighted by atomic mass is 10.00. The van der Waals surface area contributed by atoms with E-state index in [-0.39, 0.29) is 11.7 Å². The largest absolute Gasteiger partial charge is 0.418 e. The summed E-state index contributed by atoms with van der Waals surface area (Å²) in [6.07, 6.45) is -3.56. The number of alkyl halides is 3. The highest BCUT2D eigenvalue weighted by Gasteiger charge is 2.34. The molecule has 1 aliphatic rings. The number of nitrogens with zero attached hydrogens (tertiary/aromatic N) is 1. The normalized spacial score (nSPS) is 18.7. The summed E-state index contributed by atoms with van der Waals surface area (Å²) in [5.74, 6) is 0. The van der Waals surface area contributed by atoms with E-state index in [1.807, 2.05) is 17.2 Å². The third kappa shape index (κ3) is 2.48. The van der Waals surface area contributed by atoms with Crippen LogP contribution in [-0.2, 0) is 12.6 Å². The maximum Gasteiger partial charge on any atom is 0.418 e. The highest BCUT2D eigenvalue weighted by Crippen LogP contribution is 2.40. The Labute approximate surface area is 125 Å². The van der Waals surface area contributed by atoms with E-state index in [9.17, 15) is 13.2 Å². The van der Waals surface area contributed by atoms with Crippen molar-refractivity contribution in [2.75, 3.05) is 17.2 Å². The number of hydrogen-bond acceptors (Lipinski definition) is 3. The molecule has 21 heavy (non-hydrogen) atoms. The molecule has 0 radical (unpaired) electrons. The van der Waals surface area contributed by atoms with Gasteiger partial charge in [-0.05, 0) is 48.6 Å². The number of nitrogens with two attached hydrogens (primary N) is 1. The zero-order valence-electron chi connectivity index (χ0n) is 11.4. The van der Waals surface area contributed by atoms with E-state index < -0.39 is 11.7 Å². The lowest BCUT2D eigenvalue weighted by Crippen LogP contribution is -2.33. The molecule has 1 aromatic carbocycles. The summed E-state index contributed by atoms with van der Waals surface area (Å²) < 4.78 is 39.0. The zero-order chi connectivity index (χ0) is 15.2. The number of fused-ring (bicyclic) bond motifs is 1. The second kappa shape index (κ2) is 4.94. The number of benzene rings is 1. The Kier molecular flexibility index (Phi) is 3.36. The summed E-state index contributed by atoms with van der Waals surface area (Å²) in [6.45, 7) is 2.74. The third-order valence-electron chi connectivity index (χ3n) is 3.95. The minimum Gasteiger partial charge on any atom is -0.398 e. The van der Waals surface area contributed by atoms with Crippen LogP contribution in [0.2, 0.25) is 0 Å². The van der Waals surface area contributed by atoms with Gasteiger partial charge in [0, 0.05) is 22.8 Å². The molecule has 0 aliphatic carbocycles. The van der Waals surface area contributed by atoms with Crippen molar-refractivity contribution in [3.63, 3.8) is 0 Å². The maximum absolute atomic E-state index is 13.0. The summed E-state index contributed by atoms with van der Waals surface area (Å²) in [7, 11) is 0. The molecule has 0 spiro atoms. The van der Waals surface area contributed by atoms with Crippen LogP contribution in [0.1, 0.15) is 29.0 Å². The molecule has 0 amide bonds. The van der Waals surface area contributed by atoms with Crippen LogP contribution in [0.15, 0.2) is 29.6 Å². The van der Waals surface area contributed by atoms with Crippen LogP contribution in [0.4, 0.5) is 24.5 Å². The average Bonchev–Trinajstić information content (AvgIpc) is 2.88. The molecule has 6 heteroatoms. The monoisotopic (exact) mass is 312 g/mol. The first-order chi connectivity index (χ1) is 9.88. The molecule has 0 saturated heterocycles. The highest BCUT2D eigenvalue weighted by atomic mass is 32.1. The predicted molar refractivity (Wildman–Crippen MR) is 79.6 cm³/mol. The van der Waals surface area contributed by atoms with Crippen LogP contribution < -0.4 is 10.6 Å². The van der Waals surface area contributed by atoms with E-state index in [0.29, 0.717) is 5.69 Å². The quantitative estimate of drug-likeness (QED) is 0.787. The van der Waals surface area contributed by atoms with Crippen molar-refractivity contribution in [2.45, 2.75) is 25.6 Å². The topological polar surface area (TPSA) is 29.3 Å². The van der Waals surface area contributed by atoms with Gasteiger partial charge in [0.15, 0.2) is 0 Å². The van der Waals surface area contributed by atoms with Gasteiger partial charge in [-0.25, -0.2) is 0 Å². The van der Waals surface area contributed by atoms with Gasteiger partial charge in [0.2, 0.25) is 0 Å². The van der Waals surface area contributed by atoms with E-state index in [1.54, 1.807) is 17.4 Å². The predicted octanol–water partition coefficient (Wildman–Crippen LogP) is 4.47. The van der Waals surface area contributed by atoms with Crippen molar-refractivity contribution >= 4 is 22.7 Å². The lowest BCUT2D eigenvalue weighted by molar-refractivity contribution is -0.136. The fraction of sp³-hybridized carbons (Fsp3) is 0.333. The molecule has 0 fully saturated rings. The van der Waals surface area contributed by atoms with Crippen molar-refractivity contribution in [1.82, 2.24) is 0 Å². The molecule has 1 aromatic heterocycles. The number of hydrogen-bond donors (Lipinski definition) is 1. The van der Waals surface area contributed by atoms with Gasteiger partial charge in [0.1, 0.15) is 0 Å². The Morgan fingerprint density at radius 3 is 2.76 bits per heavy atom. The van der Waals surface area contributed by atoms with Gasteiger partial charge in [0.05, 0.1) is 11.6 Å². The molecule has 2 nitrogen and oxygen atoms in total. The van der Waals surface area contributed by atoms with Crippen LogP contribution in [0.5, 0.6) is 0 Å². The Morgan fingerprint density at radius 1 is 1.29 bits per heavy atom. The number of nitrogen functional groups attached to an aromatic ring is 1. The first-order valence-electron chi connectivity index (χ1n) is 6.67. The van der Waals surface area contributed by atoms with Gasteiger partial charge in [-0.3, -0.25) is 0 Å². The van der Waals surface area contributed by atoms with E-state index in [1.165, 1.54) is 16.5 Å². The molecule has 2 heterocycles. The number of halogens is 3. The van der Waals surface area contributed by atoms with Gasteiger partial charge < -0.3 is 10.6 Å². The van der Waals surface area contributed by atoms with E-state index in [2.05, 4.69) is 6.07 Å². The van der Waals surface area contributed by atoms with Crippen molar-refractivity contribution in [3.8, 4) is 0 Å². The van der Waals surface area contributed by atoms with E-state index in [0.717, 1.165) is 19.0 Å². The van der Waals surface area contributed by atoms with Gasteiger partial charge >= 0.3 is 6.18 Å². The Balaban J connectivity index is 1.99. The smallest absolute Gasteiger partial charge is 0.398 e. The van der Waals surface area contributed by atoms with E-state index in [4.69, 9.17) is 5.73 Å². The molecular formula is C15H15F3N2S. The fourth-order valence-corrected chi connectivity index (χ4v) is 3.79. The van der Waals surface area contributed by atoms with Crippen molar-refractivity contribution in [3.05, 3.63) is 45.6 Å². The number of thiophene rings is 1. The van der Waals surface area contributed by atoms with Crippen molar-refractivity contribution in [1.29, 1.82) is 0 Å². The molecule has 1 unspecified atom stereocenters. The third-order valence-corrected chi connectivity index (χ3v) is 4.95. The SMILES string of the molecule is CC1c2ccsc2CCN1c1ccc(N)c(C(F)(F)F)c1. The molecule has 1 aliphatic heterocycles. The van der Waals surface area contributed by atoms with Crippen LogP contribution in [0, 0.1) is 0 Å². The van der Waals surface area contributed by atoms with Crippen molar-refractivity contribution in [2.24, 2.45) is 0 Å². The second-order valence-corrected chi connectivity index (χ2v) is 6.19. The molecule has 3 rings (SSSR count). The minimum atomic E-state index is -4.42. The second-order valence-electron chi connectivity index (χ2n) is 5.19. The molecule has 112 valence electrons.